The van der Waals surface area contributed by atoms with Gasteiger partial charge < -0.3 is 9.64 Å². The van der Waals surface area contributed by atoms with Crippen LogP contribution >= 0.6 is 0 Å². The highest BCUT2D eigenvalue weighted by Crippen LogP contribution is 2.21. The third-order valence-corrected chi connectivity index (χ3v) is 4.08. The van der Waals surface area contributed by atoms with Crippen molar-refractivity contribution in [1.82, 2.24) is 25.1 Å². The lowest BCUT2D eigenvalue weighted by molar-refractivity contribution is -0.139. The molecule has 0 aliphatic carbocycles. The average Bonchev–Trinajstić information content (AvgIpc) is 3.11. The standard InChI is InChI=1S/C17H23N5O2/c1-12(2)16-19-17(21-20-16)14-11-22(9-10-24-14)15(23)7-6-13-5-3-4-8-18-13/h3-5,8,12,14H,6-7,9-11H2,1-2H3,(H,19,20,21)/t14-/m1/s1. The van der Waals surface area contributed by atoms with Crippen LogP contribution in [0.15, 0.2) is 24.4 Å². The number of aromatic amines is 1. The van der Waals surface area contributed by atoms with Crippen molar-refractivity contribution in [3.63, 3.8) is 0 Å². The molecule has 24 heavy (non-hydrogen) atoms. The first-order chi connectivity index (χ1) is 11.6. The molecule has 1 fully saturated rings. The lowest BCUT2D eigenvalue weighted by Crippen LogP contribution is -2.42. The van der Waals surface area contributed by atoms with Crippen LogP contribution in [-0.4, -0.2) is 50.7 Å². The van der Waals surface area contributed by atoms with E-state index in [1.807, 2.05) is 36.9 Å². The number of nitrogens with one attached hydrogen (secondary N) is 1. The number of hydrogen-bond acceptors (Lipinski definition) is 5. The first kappa shape index (κ1) is 16.6. The third-order valence-electron chi connectivity index (χ3n) is 4.08. The highest BCUT2D eigenvalue weighted by atomic mass is 16.5. The number of rotatable bonds is 5. The highest BCUT2D eigenvalue weighted by Gasteiger charge is 2.27. The van der Waals surface area contributed by atoms with E-state index in [0.29, 0.717) is 38.4 Å². The van der Waals surface area contributed by atoms with E-state index in [1.54, 1.807) is 6.20 Å². The van der Waals surface area contributed by atoms with Gasteiger partial charge in [0.25, 0.3) is 0 Å². The fourth-order valence-electron chi connectivity index (χ4n) is 2.67. The number of hydrogen-bond donors (Lipinski definition) is 1. The van der Waals surface area contributed by atoms with E-state index in [-0.39, 0.29) is 17.9 Å². The molecule has 0 bridgehead atoms. The van der Waals surface area contributed by atoms with Crippen LogP contribution in [0.25, 0.3) is 0 Å². The van der Waals surface area contributed by atoms with Gasteiger partial charge in [0.2, 0.25) is 5.91 Å². The van der Waals surface area contributed by atoms with Crippen LogP contribution < -0.4 is 0 Å². The van der Waals surface area contributed by atoms with E-state index in [0.717, 1.165) is 11.5 Å². The van der Waals surface area contributed by atoms with E-state index in [1.165, 1.54) is 0 Å². The lowest BCUT2D eigenvalue weighted by atomic mass is 10.2. The zero-order chi connectivity index (χ0) is 16.9. The molecule has 3 rings (SSSR count). The minimum Gasteiger partial charge on any atom is -0.367 e. The predicted octanol–water partition coefficient (Wildman–Crippen LogP) is 1.86. The molecule has 1 atom stereocenters. The number of nitrogens with zero attached hydrogens (tertiary/aromatic N) is 4. The van der Waals surface area contributed by atoms with Gasteiger partial charge in [-0.05, 0) is 18.6 Å². The SMILES string of the molecule is CC(C)c1n[nH]c([C@H]2CN(C(=O)CCc3ccccn3)CCO2)n1. The largest absolute Gasteiger partial charge is 0.367 e. The minimum absolute atomic E-state index is 0.123. The van der Waals surface area contributed by atoms with Gasteiger partial charge in [0.1, 0.15) is 6.10 Å². The fourth-order valence-corrected chi connectivity index (χ4v) is 2.67. The molecule has 3 heterocycles. The van der Waals surface area contributed by atoms with E-state index >= 15 is 0 Å². The molecule has 0 unspecified atom stereocenters. The molecule has 1 N–H and O–H groups in total. The van der Waals surface area contributed by atoms with Gasteiger partial charge in [0.15, 0.2) is 11.6 Å². The Bertz CT molecular complexity index is 671. The van der Waals surface area contributed by atoms with Crippen molar-refractivity contribution in [2.24, 2.45) is 0 Å². The molecule has 1 amide bonds. The number of morpholine rings is 1. The van der Waals surface area contributed by atoms with E-state index < -0.39 is 0 Å². The number of pyridine rings is 1. The number of carbonyl (C=O) groups is 1. The van der Waals surface area contributed by atoms with Crippen molar-refractivity contribution in [2.45, 2.75) is 38.7 Å². The maximum atomic E-state index is 12.5. The quantitative estimate of drug-likeness (QED) is 0.905. The number of amides is 1. The predicted molar refractivity (Wildman–Crippen MR) is 88.3 cm³/mol. The van der Waals surface area contributed by atoms with Gasteiger partial charge in [0, 0.05) is 30.8 Å². The first-order valence-electron chi connectivity index (χ1n) is 8.35. The Kier molecular flexibility index (Phi) is 5.20. The molecule has 1 aliphatic heterocycles. The molecule has 1 aliphatic rings. The van der Waals surface area contributed by atoms with Crippen LogP contribution in [0.1, 0.15) is 49.6 Å². The van der Waals surface area contributed by atoms with Crippen LogP contribution in [0.3, 0.4) is 0 Å². The Morgan fingerprint density at radius 1 is 1.46 bits per heavy atom. The number of aryl methyl sites for hydroxylation is 1. The number of aromatic nitrogens is 4. The van der Waals surface area contributed by atoms with Crippen molar-refractivity contribution in [3.05, 3.63) is 41.7 Å². The fraction of sp³-hybridized carbons (Fsp3) is 0.529. The van der Waals surface area contributed by atoms with Gasteiger partial charge in [-0.15, -0.1) is 0 Å². The lowest BCUT2D eigenvalue weighted by Gasteiger charge is -2.32. The normalized spacial score (nSPS) is 18.1. The molecular formula is C17H23N5O2. The maximum Gasteiger partial charge on any atom is 0.223 e. The van der Waals surface area contributed by atoms with Crippen LogP contribution in [0, 0.1) is 0 Å². The molecule has 0 spiro atoms. The molecule has 0 aromatic carbocycles. The number of ether oxygens (including phenoxy) is 1. The summed E-state index contributed by atoms with van der Waals surface area (Å²) < 4.78 is 5.76. The average molecular weight is 329 g/mol. The summed E-state index contributed by atoms with van der Waals surface area (Å²) in [7, 11) is 0. The second-order valence-electron chi connectivity index (χ2n) is 6.25. The van der Waals surface area contributed by atoms with Gasteiger partial charge in [-0.25, -0.2) is 4.98 Å². The van der Waals surface area contributed by atoms with Gasteiger partial charge in [-0.1, -0.05) is 19.9 Å². The Morgan fingerprint density at radius 2 is 2.33 bits per heavy atom. The van der Waals surface area contributed by atoms with E-state index in [9.17, 15) is 4.79 Å². The summed E-state index contributed by atoms with van der Waals surface area (Å²) in [6.45, 7) is 5.72. The van der Waals surface area contributed by atoms with Crippen LogP contribution in [-0.2, 0) is 16.0 Å². The Hall–Kier alpha value is -2.28. The zero-order valence-electron chi connectivity index (χ0n) is 14.1. The second kappa shape index (κ2) is 7.53. The number of H-pyrrole nitrogens is 1. The van der Waals surface area contributed by atoms with Crippen molar-refractivity contribution in [3.8, 4) is 0 Å². The summed E-state index contributed by atoms with van der Waals surface area (Å²) in [6, 6.07) is 5.76. The molecule has 7 heteroatoms. The van der Waals surface area contributed by atoms with Crippen molar-refractivity contribution in [1.29, 1.82) is 0 Å². The third kappa shape index (κ3) is 3.97. The minimum atomic E-state index is -0.238. The van der Waals surface area contributed by atoms with Crippen molar-refractivity contribution >= 4 is 5.91 Å². The van der Waals surface area contributed by atoms with Gasteiger partial charge in [-0.3, -0.25) is 14.9 Å². The van der Waals surface area contributed by atoms with Gasteiger partial charge in [-0.2, -0.15) is 5.10 Å². The highest BCUT2D eigenvalue weighted by molar-refractivity contribution is 5.76. The summed E-state index contributed by atoms with van der Waals surface area (Å²) in [5.41, 5.74) is 0.937. The Balaban J connectivity index is 1.57. The summed E-state index contributed by atoms with van der Waals surface area (Å²) in [4.78, 5) is 23.0. The summed E-state index contributed by atoms with van der Waals surface area (Å²) >= 11 is 0. The Labute approximate surface area is 141 Å². The van der Waals surface area contributed by atoms with Crippen LogP contribution in [0.4, 0.5) is 0 Å². The van der Waals surface area contributed by atoms with Crippen LogP contribution in [0.2, 0.25) is 0 Å². The Morgan fingerprint density at radius 3 is 3.04 bits per heavy atom. The van der Waals surface area contributed by atoms with Crippen molar-refractivity contribution in [2.75, 3.05) is 19.7 Å². The summed E-state index contributed by atoms with van der Waals surface area (Å²) in [6.07, 6.45) is 2.62. The van der Waals surface area contributed by atoms with Gasteiger partial charge in [0.05, 0.1) is 13.2 Å². The molecule has 2 aromatic rings. The molecule has 0 radical (unpaired) electrons. The monoisotopic (exact) mass is 329 g/mol. The summed E-state index contributed by atoms with van der Waals surface area (Å²) in [5, 5.41) is 7.15. The van der Waals surface area contributed by atoms with Crippen LogP contribution in [0.5, 0.6) is 0 Å². The molecular weight excluding hydrogens is 306 g/mol. The molecule has 1 saturated heterocycles. The maximum absolute atomic E-state index is 12.5. The second-order valence-corrected chi connectivity index (χ2v) is 6.25. The number of carbonyl (C=O) groups excluding carboxylic acids is 1. The molecule has 0 saturated carbocycles. The smallest absolute Gasteiger partial charge is 0.223 e. The van der Waals surface area contributed by atoms with Gasteiger partial charge >= 0.3 is 0 Å². The van der Waals surface area contributed by atoms with Crippen molar-refractivity contribution < 1.29 is 9.53 Å². The summed E-state index contributed by atoms with van der Waals surface area (Å²) in [5.74, 6) is 1.85. The molecule has 2 aromatic heterocycles. The van der Waals surface area contributed by atoms with E-state index in [4.69, 9.17) is 4.74 Å². The first-order valence-corrected chi connectivity index (χ1v) is 8.35. The topological polar surface area (TPSA) is 84.0 Å². The molecule has 128 valence electrons. The van der Waals surface area contributed by atoms with E-state index in [2.05, 4.69) is 20.2 Å². The zero-order valence-corrected chi connectivity index (χ0v) is 14.1. The molecule has 7 nitrogen and oxygen atoms in total.